The average Bonchev–Trinajstić information content (AvgIpc) is 2.92. The molecule has 2 N–H and O–H groups in total. The molecule has 0 amide bonds. The van der Waals surface area contributed by atoms with Gasteiger partial charge in [-0.15, -0.1) is 0 Å². The summed E-state index contributed by atoms with van der Waals surface area (Å²) in [4.78, 5) is 0. The van der Waals surface area contributed by atoms with E-state index in [-0.39, 0.29) is 0 Å². The van der Waals surface area contributed by atoms with E-state index in [0.717, 1.165) is 37.0 Å². The van der Waals surface area contributed by atoms with Gasteiger partial charge in [0.1, 0.15) is 0 Å². The van der Waals surface area contributed by atoms with Crippen LogP contribution in [0.5, 0.6) is 0 Å². The molecule has 6 unspecified atom stereocenters. The van der Waals surface area contributed by atoms with Crippen LogP contribution in [-0.2, 0) is 0 Å². The first-order chi connectivity index (χ1) is 11.7. The van der Waals surface area contributed by atoms with Gasteiger partial charge in [0.25, 0.3) is 0 Å². The third-order valence-electron chi connectivity index (χ3n) is 9.43. The van der Waals surface area contributed by atoms with Crippen LogP contribution in [0.25, 0.3) is 0 Å². The fourth-order valence-corrected chi connectivity index (χ4v) is 7.91. The maximum Gasteiger partial charge on any atom is 0.0657 e. The van der Waals surface area contributed by atoms with Crippen LogP contribution in [0.3, 0.4) is 0 Å². The van der Waals surface area contributed by atoms with Gasteiger partial charge in [-0.25, -0.2) is 0 Å². The van der Waals surface area contributed by atoms with Crippen LogP contribution in [0.2, 0.25) is 0 Å². The minimum atomic E-state index is -0.490. The van der Waals surface area contributed by atoms with Crippen LogP contribution in [0.4, 0.5) is 0 Å². The Morgan fingerprint density at radius 3 is 2.56 bits per heavy atom. The number of fused-ring (bicyclic) bond motifs is 5. The zero-order valence-electron chi connectivity index (χ0n) is 16.7. The van der Waals surface area contributed by atoms with Crippen molar-refractivity contribution in [2.45, 2.75) is 84.7 Å². The van der Waals surface area contributed by atoms with Crippen molar-refractivity contribution in [1.82, 2.24) is 0 Å². The molecule has 0 radical (unpaired) electrons. The first kappa shape index (κ1) is 18.0. The molecule has 0 heterocycles. The van der Waals surface area contributed by atoms with Gasteiger partial charge in [0.15, 0.2) is 0 Å². The summed E-state index contributed by atoms with van der Waals surface area (Å²) in [6, 6.07) is 0. The summed E-state index contributed by atoms with van der Waals surface area (Å²) >= 11 is 0. The molecule has 4 rings (SSSR count). The second-order valence-corrected chi connectivity index (χ2v) is 10.8. The van der Waals surface area contributed by atoms with Crippen LogP contribution in [-0.4, -0.2) is 22.4 Å². The molecule has 142 valence electrons. The van der Waals surface area contributed by atoms with Crippen LogP contribution >= 0.6 is 0 Å². The monoisotopic (exact) mass is 346 g/mol. The van der Waals surface area contributed by atoms with E-state index in [1.165, 1.54) is 32.1 Å². The van der Waals surface area contributed by atoms with Crippen molar-refractivity contribution in [3.8, 4) is 0 Å². The molecule has 0 bridgehead atoms. The van der Waals surface area contributed by atoms with E-state index in [0.29, 0.717) is 29.3 Å². The van der Waals surface area contributed by atoms with E-state index < -0.39 is 5.60 Å². The summed E-state index contributed by atoms with van der Waals surface area (Å²) in [6.07, 6.45) is 12.1. The van der Waals surface area contributed by atoms with Gasteiger partial charge in [0.2, 0.25) is 0 Å². The first-order valence-electron chi connectivity index (χ1n) is 10.7. The quantitative estimate of drug-likeness (QED) is 0.695. The van der Waals surface area contributed by atoms with E-state index in [1.54, 1.807) is 5.57 Å². The summed E-state index contributed by atoms with van der Waals surface area (Å²) in [6.45, 7) is 9.68. The molecule has 0 spiro atoms. The van der Waals surface area contributed by atoms with Crippen LogP contribution in [0.1, 0.15) is 79.1 Å². The van der Waals surface area contributed by atoms with Crippen LogP contribution < -0.4 is 0 Å². The fraction of sp³-hybridized carbons (Fsp3) is 0.913. The molecule has 25 heavy (non-hydrogen) atoms. The first-order valence-corrected chi connectivity index (χ1v) is 10.7. The number of hydrogen-bond acceptors (Lipinski definition) is 2. The van der Waals surface area contributed by atoms with Crippen molar-refractivity contribution < 1.29 is 10.2 Å². The minimum absolute atomic E-state index is 0.327. The summed E-state index contributed by atoms with van der Waals surface area (Å²) in [5, 5.41) is 20.3. The highest BCUT2D eigenvalue weighted by molar-refractivity contribution is 5.26. The average molecular weight is 347 g/mol. The third-order valence-corrected chi connectivity index (χ3v) is 9.43. The SMILES string of the molecule is C[C@H](CO)C1CCC2C3CC=C4C[C@@](C)(O)CCC4(C)C3CCC21C. The molecule has 3 fully saturated rings. The number of aliphatic hydroxyl groups excluding tert-OH is 1. The smallest absolute Gasteiger partial charge is 0.0657 e. The minimum Gasteiger partial charge on any atom is -0.396 e. The number of aliphatic hydroxyl groups is 2. The molecular weight excluding hydrogens is 308 g/mol. The van der Waals surface area contributed by atoms with Crippen molar-refractivity contribution in [2.24, 2.45) is 40.4 Å². The third kappa shape index (κ3) is 2.57. The maximum atomic E-state index is 10.6. The lowest BCUT2D eigenvalue weighted by atomic mass is 9.46. The summed E-state index contributed by atoms with van der Waals surface area (Å²) in [7, 11) is 0. The fourth-order valence-electron chi connectivity index (χ4n) is 7.91. The van der Waals surface area contributed by atoms with Gasteiger partial charge in [-0.2, -0.15) is 0 Å². The topological polar surface area (TPSA) is 40.5 Å². The molecule has 3 saturated carbocycles. The van der Waals surface area contributed by atoms with Gasteiger partial charge < -0.3 is 10.2 Å². The van der Waals surface area contributed by atoms with Crippen molar-refractivity contribution in [2.75, 3.05) is 6.61 Å². The molecule has 0 aromatic rings. The largest absolute Gasteiger partial charge is 0.396 e. The van der Waals surface area contributed by atoms with Crippen molar-refractivity contribution in [3.63, 3.8) is 0 Å². The lowest BCUT2D eigenvalue weighted by Crippen LogP contribution is -2.52. The zero-order chi connectivity index (χ0) is 18.0. The summed E-state index contributed by atoms with van der Waals surface area (Å²) < 4.78 is 0. The Balaban J connectivity index is 1.63. The number of rotatable bonds is 2. The molecule has 2 heteroatoms. The molecule has 0 saturated heterocycles. The van der Waals surface area contributed by atoms with Crippen molar-refractivity contribution in [3.05, 3.63) is 11.6 Å². The predicted molar refractivity (Wildman–Crippen MR) is 102 cm³/mol. The Morgan fingerprint density at radius 1 is 1.08 bits per heavy atom. The highest BCUT2D eigenvalue weighted by Gasteiger charge is 2.59. The standard InChI is InChI=1S/C23H38O2/c1-15(14-24)18-7-8-19-17-6-5-16-13-21(2,25)11-12-22(16,3)20(17)9-10-23(18,19)4/h5,15,17-20,24-25H,6-14H2,1-4H3/t15-,17?,18?,19?,20?,21+,22?,23?/m1/s1. The zero-order valence-corrected chi connectivity index (χ0v) is 16.7. The van der Waals surface area contributed by atoms with E-state index >= 15 is 0 Å². The van der Waals surface area contributed by atoms with Gasteiger partial charge in [-0.3, -0.25) is 0 Å². The molecule has 2 nitrogen and oxygen atoms in total. The predicted octanol–water partition coefficient (Wildman–Crippen LogP) is 4.94. The molecule has 4 aliphatic carbocycles. The normalized spacial score (nSPS) is 53.4. The van der Waals surface area contributed by atoms with Gasteiger partial charge in [0.05, 0.1) is 5.60 Å². The maximum absolute atomic E-state index is 10.6. The van der Waals surface area contributed by atoms with Crippen molar-refractivity contribution >= 4 is 0 Å². The van der Waals surface area contributed by atoms with Gasteiger partial charge in [-0.1, -0.05) is 32.4 Å². The Morgan fingerprint density at radius 2 is 1.84 bits per heavy atom. The van der Waals surface area contributed by atoms with Gasteiger partial charge in [-0.05, 0) is 98.7 Å². The number of hydrogen-bond donors (Lipinski definition) is 2. The molecule has 0 aliphatic heterocycles. The van der Waals surface area contributed by atoms with Gasteiger partial charge >= 0.3 is 0 Å². The molecule has 0 aromatic heterocycles. The summed E-state index contributed by atoms with van der Waals surface area (Å²) in [5.41, 5.74) is 1.83. The molecule has 0 aromatic carbocycles. The van der Waals surface area contributed by atoms with Crippen LogP contribution in [0.15, 0.2) is 11.6 Å². The highest BCUT2D eigenvalue weighted by atomic mass is 16.3. The molecule has 4 aliphatic rings. The van der Waals surface area contributed by atoms with Gasteiger partial charge in [0, 0.05) is 6.61 Å². The van der Waals surface area contributed by atoms with Crippen molar-refractivity contribution in [1.29, 1.82) is 0 Å². The lowest BCUT2D eigenvalue weighted by Gasteiger charge is -2.59. The Bertz CT molecular complexity index is 564. The highest BCUT2D eigenvalue weighted by Crippen LogP contribution is 2.67. The Hall–Kier alpha value is -0.340. The van der Waals surface area contributed by atoms with E-state index in [1.807, 2.05) is 6.92 Å². The Labute approximate surface area is 154 Å². The summed E-state index contributed by atoms with van der Waals surface area (Å²) in [5.74, 6) is 3.62. The van der Waals surface area contributed by atoms with E-state index in [4.69, 9.17) is 0 Å². The van der Waals surface area contributed by atoms with E-state index in [2.05, 4.69) is 26.8 Å². The second-order valence-electron chi connectivity index (χ2n) is 10.8. The number of allylic oxidation sites excluding steroid dienone is 1. The molecule has 8 atom stereocenters. The Kier molecular flexibility index (Phi) is 4.21. The van der Waals surface area contributed by atoms with E-state index in [9.17, 15) is 10.2 Å². The lowest BCUT2D eigenvalue weighted by molar-refractivity contribution is -0.0723. The molecular formula is C23H38O2. The second kappa shape index (κ2) is 5.83. The van der Waals surface area contributed by atoms with Crippen LogP contribution in [0, 0.1) is 40.4 Å².